The molecule has 0 unspecified atom stereocenters. The molecule has 1 aromatic carbocycles. The Kier molecular flexibility index (Phi) is 7.99. The predicted molar refractivity (Wildman–Crippen MR) is 109 cm³/mol. The van der Waals surface area contributed by atoms with Crippen LogP contribution in [0, 0.1) is 6.92 Å². The van der Waals surface area contributed by atoms with E-state index in [-0.39, 0.29) is 11.7 Å². The lowest BCUT2D eigenvalue weighted by Crippen LogP contribution is -2.14. The van der Waals surface area contributed by atoms with Crippen LogP contribution >= 0.6 is 55.0 Å². The number of hydrogen-bond acceptors (Lipinski definition) is 6. The first kappa shape index (κ1) is 19.7. The van der Waals surface area contributed by atoms with Crippen molar-refractivity contribution in [3.05, 3.63) is 26.6 Å². The Bertz CT molecular complexity index is 686. The highest BCUT2D eigenvalue weighted by Crippen LogP contribution is 2.33. The molecule has 130 valence electrons. The first-order valence-corrected chi connectivity index (χ1v) is 10.8. The third-order valence-corrected chi connectivity index (χ3v) is 6.26. The van der Waals surface area contributed by atoms with Gasteiger partial charge in [-0.05, 0) is 62.9 Å². The Balaban J connectivity index is 1.85. The van der Waals surface area contributed by atoms with Crippen LogP contribution in [0.4, 0.5) is 10.8 Å². The van der Waals surface area contributed by atoms with Crippen LogP contribution in [0.5, 0.6) is 0 Å². The number of hydrogen-bond donors (Lipinski definition) is 2. The van der Waals surface area contributed by atoms with Crippen molar-refractivity contribution in [3.63, 3.8) is 0 Å². The van der Waals surface area contributed by atoms with Crippen LogP contribution < -0.4 is 10.6 Å². The minimum Gasteiger partial charge on any atom is -0.360 e. The van der Waals surface area contributed by atoms with Gasteiger partial charge in [-0.25, -0.2) is 0 Å². The van der Waals surface area contributed by atoms with Gasteiger partial charge in [0, 0.05) is 15.5 Å². The van der Waals surface area contributed by atoms with Crippen molar-refractivity contribution in [2.75, 3.05) is 22.9 Å². The Labute approximate surface area is 166 Å². The van der Waals surface area contributed by atoms with E-state index in [2.05, 4.69) is 59.6 Å². The average Bonchev–Trinajstić information content (AvgIpc) is 2.97. The number of halogens is 2. The van der Waals surface area contributed by atoms with Gasteiger partial charge in [0.05, 0.1) is 11.4 Å². The van der Waals surface area contributed by atoms with Crippen LogP contribution in [-0.4, -0.2) is 28.4 Å². The van der Waals surface area contributed by atoms with E-state index in [1.165, 1.54) is 23.1 Å². The highest BCUT2D eigenvalue weighted by molar-refractivity contribution is 9.11. The summed E-state index contributed by atoms with van der Waals surface area (Å²) in [4.78, 5) is 12.2. The SMILES string of the molecule is CCCCNc1nnc(SCC(=O)Nc2c(Br)cc(C)cc2Br)s1. The van der Waals surface area contributed by atoms with Crippen LogP contribution in [0.1, 0.15) is 25.3 Å². The normalized spacial score (nSPS) is 10.7. The molecule has 0 saturated carbocycles. The van der Waals surface area contributed by atoms with E-state index < -0.39 is 0 Å². The molecule has 0 spiro atoms. The lowest BCUT2D eigenvalue weighted by Gasteiger charge is -2.10. The van der Waals surface area contributed by atoms with Crippen molar-refractivity contribution in [1.82, 2.24) is 10.2 Å². The van der Waals surface area contributed by atoms with Gasteiger partial charge in [0.25, 0.3) is 0 Å². The van der Waals surface area contributed by atoms with Gasteiger partial charge in [-0.3, -0.25) is 4.79 Å². The Hall–Kier alpha value is -0.640. The first-order chi connectivity index (χ1) is 11.5. The van der Waals surface area contributed by atoms with Crippen molar-refractivity contribution in [1.29, 1.82) is 0 Å². The van der Waals surface area contributed by atoms with Crippen molar-refractivity contribution in [2.24, 2.45) is 0 Å². The summed E-state index contributed by atoms with van der Waals surface area (Å²) < 4.78 is 2.49. The van der Waals surface area contributed by atoms with E-state index in [1.54, 1.807) is 0 Å². The fraction of sp³-hybridized carbons (Fsp3) is 0.400. The molecule has 0 aliphatic heterocycles. The molecule has 0 bridgehead atoms. The molecular formula is C15H18Br2N4OS2. The lowest BCUT2D eigenvalue weighted by molar-refractivity contribution is -0.113. The summed E-state index contributed by atoms with van der Waals surface area (Å²) in [6, 6.07) is 3.93. The number of anilines is 2. The van der Waals surface area contributed by atoms with E-state index in [0.717, 1.165) is 49.1 Å². The zero-order chi connectivity index (χ0) is 17.5. The average molecular weight is 494 g/mol. The van der Waals surface area contributed by atoms with Crippen molar-refractivity contribution in [3.8, 4) is 0 Å². The fourth-order valence-corrected chi connectivity index (χ4v) is 5.02. The maximum atomic E-state index is 12.2. The van der Waals surface area contributed by atoms with E-state index in [9.17, 15) is 4.79 Å². The Morgan fingerprint density at radius 3 is 2.67 bits per heavy atom. The summed E-state index contributed by atoms with van der Waals surface area (Å²) in [5, 5.41) is 15.1. The topological polar surface area (TPSA) is 66.9 Å². The molecule has 2 N–H and O–H groups in total. The second-order valence-electron chi connectivity index (χ2n) is 5.09. The number of nitrogens with one attached hydrogen (secondary N) is 2. The summed E-state index contributed by atoms with van der Waals surface area (Å²) in [6.45, 7) is 5.04. The van der Waals surface area contributed by atoms with Gasteiger partial charge in [0.1, 0.15) is 0 Å². The standard InChI is InChI=1S/C15H18Br2N4OS2/c1-3-4-5-18-14-20-21-15(24-14)23-8-12(22)19-13-10(16)6-9(2)7-11(13)17/h6-7H,3-5,8H2,1-2H3,(H,18,20)(H,19,22). The molecule has 0 saturated heterocycles. The number of nitrogens with zero attached hydrogens (tertiary/aromatic N) is 2. The smallest absolute Gasteiger partial charge is 0.234 e. The molecule has 0 fully saturated rings. The van der Waals surface area contributed by atoms with Gasteiger partial charge < -0.3 is 10.6 Å². The van der Waals surface area contributed by atoms with Crippen LogP contribution in [0.25, 0.3) is 0 Å². The van der Waals surface area contributed by atoms with Crippen LogP contribution in [0.2, 0.25) is 0 Å². The number of amides is 1. The minimum absolute atomic E-state index is 0.0825. The summed E-state index contributed by atoms with van der Waals surface area (Å²) in [6.07, 6.45) is 2.24. The van der Waals surface area contributed by atoms with Crippen molar-refractivity contribution in [2.45, 2.75) is 31.0 Å². The molecule has 0 atom stereocenters. The van der Waals surface area contributed by atoms with Crippen molar-refractivity contribution >= 4 is 71.7 Å². The number of benzene rings is 1. The number of unbranched alkanes of at least 4 members (excludes halogenated alkanes) is 1. The highest BCUT2D eigenvalue weighted by atomic mass is 79.9. The summed E-state index contributed by atoms with van der Waals surface area (Å²) in [5.41, 5.74) is 1.85. The van der Waals surface area contributed by atoms with Gasteiger partial charge in [-0.2, -0.15) is 0 Å². The van der Waals surface area contributed by atoms with E-state index in [0.29, 0.717) is 0 Å². The lowest BCUT2D eigenvalue weighted by atomic mass is 10.2. The maximum absolute atomic E-state index is 12.2. The van der Waals surface area contributed by atoms with Crippen LogP contribution in [0.3, 0.4) is 0 Å². The van der Waals surface area contributed by atoms with E-state index in [1.807, 2.05) is 19.1 Å². The molecular weight excluding hydrogens is 476 g/mol. The highest BCUT2D eigenvalue weighted by Gasteiger charge is 2.12. The monoisotopic (exact) mass is 492 g/mol. The third-order valence-electron chi connectivity index (χ3n) is 2.99. The molecule has 24 heavy (non-hydrogen) atoms. The summed E-state index contributed by atoms with van der Waals surface area (Å²) >= 11 is 9.81. The first-order valence-electron chi connectivity index (χ1n) is 7.45. The summed E-state index contributed by atoms with van der Waals surface area (Å²) in [5.74, 6) is 0.206. The minimum atomic E-state index is -0.0825. The number of rotatable bonds is 8. The second-order valence-corrected chi connectivity index (χ2v) is 9.00. The zero-order valence-electron chi connectivity index (χ0n) is 13.4. The maximum Gasteiger partial charge on any atom is 0.234 e. The second kappa shape index (κ2) is 9.74. The molecule has 1 amide bonds. The molecule has 0 aliphatic rings. The Morgan fingerprint density at radius 2 is 2.00 bits per heavy atom. The number of carbonyl (C=O) groups is 1. The van der Waals surface area contributed by atoms with Gasteiger partial charge in [0.2, 0.25) is 11.0 Å². The Morgan fingerprint density at radius 1 is 1.29 bits per heavy atom. The van der Waals surface area contributed by atoms with Gasteiger partial charge in [0.15, 0.2) is 4.34 Å². The molecule has 9 heteroatoms. The van der Waals surface area contributed by atoms with Gasteiger partial charge >= 0.3 is 0 Å². The van der Waals surface area contributed by atoms with Gasteiger partial charge in [-0.1, -0.05) is 36.4 Å². The number of aryl methyl sites for hydroxylation is 1. The van der Waals surface area contributed by atoms with E-state index >= 15 is 0 Å². The predicted octanol–water partition coefficient (Wildman–Crippen LogP) is 5.31. The molecule has 0 aliphatic carbocycles. The number of aromatic nitrogens is 2. The zero-order valence-corrected chi connectivity index (χ0v) is 18.2. The molecule has 1 heterocycles. The fourth-order valence-electron chi connectivity index (χ4n) is 1.83. The van der Waals surface area contributed by atoms with Crippen molar-refractivity contribution < 1.29 is 4.79 Å². The number of thioether (sulfide) groups is 1. The molecule has 2 rings (SSSR count). The number of carbonyl (C=O) groups excluding carboxylic acids is 1. The summed E-state index contributed by atoms with van der Waals surface area (Å²) in [7, 11) is 0. The van der Waals surface area contributed by atoms with Gasteiger partial charge in [-0.15, -0.1) is 10.2 Å². The third kappa shape index (κ3) is 6.02. The van der Waals surface area contributed by atoms with Crippen LogP contribution in [0.15, 0.2) is 25.4 Å². The molecule has 5 nitrogen and oxygen atoms in total. The molecule has 2 aromatic rings. The molecule has 0 radical (unpaired) electrons. The van der Waals surface area contributed by atoms with Crippen LogP contribution in [-0.2, 0) is 4.79 Å². The molecule has 1 aromatic heterocycles. The van der Waals surface area contributed by atoms with E-state index in [4.69, 9.17) is 0 Å². The largest absolute Gasteiger partial charge is 0.360 e. The quantitative estimate of drug-likeness (QED) is 0.385.